The number of amides is 3. The van der Waals surface area contributed by atoms with E-state index < -0.39 is 28.2 Å². The Bertz CT molecular complexity index is 1950. The van der Waals surface area contributed by atoms with Gasteiger partial charge in [-0.15, -0.1) is 0 Å². The Morgan fingerprint density at radius 1 is 0.979 bits per heavy atom. The smallest absolute Gasteiger partial charge is 0.323 e. The number of carbonyl (C=O) groups is 2. The van der Waals surface area contributed by atoms with E-state index in [4.69, 9.17) is 14.2 Å². The molecule has 0 radical (unpaired) electrons. The van der Waals surface area contributed by atoms with Crippen molar-refractivity contribution in [2.45, 2.75) is 30.9 Å². The number of anilines is 2. The van der Waals surface area contributed by atoms with Gasteiger partial charge in [-0.25, -0.2) is 13.2 Å². The van der Waals surface area contributed by atoms with E-state index in [1.807, 2.05) is 43.3 Å². The highest BCUT2D eigenvalue weighted by atomic mass is 32.2. The van der Waals surface area contributed by atoms with Crippen molar-refractivity contribution >= 4 is 44.1 Å². The number of hydrogen-bond donors (Lipinski definition) is 3. The molecule has 3 amide bonds. The molecular formula is C35H38N4O8S. The lowest BCUT2D eigenvalue weighted by atomic mass is 9.99. The van der Waals surface area contributed by atoms with Crippen molar-refractivity contribution in [1.82, 2.24) is 9.21 Å². The van der Waals surface area contributed by atoms with Gasteiger partial charge in [0.05, 0.1) is 41.0 Å². The molecule has 0 bridgehead atoms. The maximum Gasteiger partial charge on any atom is 0.323 e. The van der Waals surface area contributed by atoms with Gasteiger partial charge in [0.1, 0.15) is 19.3 Å². The fraction of sp³-hybridized carbons (Fsp3) is 0.314. The monoisotopic (exact) mass is 674 g/mol. The first kappa shape index (κ1) is 33.1. The van der Waals surface area contributed by atoms with Crippen molar-refractivity contribution in [3.8, 4) is 17.2 Å². The molecule has 0 fully saturated rings. The number of carbonyl (C=O) groups excluding carboxylic acids is 2. The van der Waals surface area contributed by atoms with E-state index in [1.54, 1.807) is 42.2 Å². The molecule has 252 valence electrons. The number of sulfonamides is 1. The number of fused-ring (bicyclic) bond motifs is 3. The first-order valence-electron chi connectivity index (χ1n) is 15.7. The van der Waals surface area contributed by atoms with Crippen LogP contribution in [0, 0.1) is 5.92 Å². The topological polar surface area (TPSA) is 147 Å². The van der Waals surface area contributed by atoms with Crippen LogP contribution in [-0.2, 0) is 10.0 Å². The Balaban J connectivity index is 1.31. The number of hydrogen-bond acceptors (Lipinski definition) is 8. The second-order valence-corrected chi connectivity index (χ2v) is 14.0. The molecule has 4 aromatic carbocycles. The molecule has 0 aliphatic carbocycles. The van der Waals surface area contributed by atoms with Gasteiger partial charge in [0, 0.05) is 31.0 Å². The molecule has 13 heteroatoms. The maximum atomic E-state index is 13.9. The summed E-state index contributed by atoms with van der Waals surface area (Å²) in [6.45, 7) is 4.13. The van der Waals surface area contributed by atoms with Crippen LogP contribution in [0.3, 0.4) is 0 Å². The Kier molecular flexibility index (Phi) is 9.45. The number of aliphatic hydroxyl groups is 1. The minimum atomic E-state index is -4.00. The van der Waals surface area contributed by atoms with Gasteiger partial charge in [-0.1, -0.05) is 49.4 Å². The third-order valence-electron chi connectivity index (χ3n) is 8.64. The number of likely N-dealkylation sites (N-methyl/N-ethyl adjacent to an activating group) is 1. The molecule has 0 saturated carbocycles. The van der Waals surface area contributed by atoms with Gasteiger partial charge in [-0.3, -0.25) is 4.79 Å². The molecule has 3 N–H and O–H groups in total. The number of urea groups is 1. The molecule has 6 rings (SSSR count). The average Bonchev–Trinajstić information content (AvgIpc) is 3.09. The van der Waals surface area contributed by atoms with Gasteiger partial charge >= 0.3 is 6.03 Å². The minimum Gasteiger partial charge on any atom is -0.486 e. The highest BCUT2D eigenvalue weighted by Gasteiger charge is 2.36. The van der Waals surface area contributed by atoms with Crippen molar-refractivity contribution in [3.05, 3.63) is 84.4 Å². The van der Waals surface area contributed by atoms with Crippen molar-refractivity contribution in [2.75, 3.05) is 50.6 Å². The Morgan fingerprint density at radius 2 is 1.67 bits per heavy atom. The molecule has 3 unspecified atom stereocenters. The highest BCUT2D eigenvalue weighted by Crippen LogP contribution is 2.37. The summed E-state index contributed by atoms with van der Waals surface area (Å²) in [6, 6.07) is 21.5. The number of nitrogens with one attached hydrogen (secondary N) is 2. The third-order valence-corrected chi connectivity index (χ3v) is 10.5. The van der Waals surface area contributed by atoms with Gasteiger partial charge in [0.15, 0.2) is 17.2 Å². The van der Waals surface area contributed by atoms with Crippen LogP contribution >= 0.6 is 0 Å². The highest BCUT2D eigenvalue weighted by molar-refractivity contribution is 7.89. The molecule has 3 atom stereocenters. The van der Waals surface area contributed by atoms with Crippen LogP contribution in [0.5, 0.6) is 17.2 Å². The predicted octanol–water partition coefficient (Wildman–Crippen LogP) is 4.80. The van der Waals surface area contributed by atoms with E-state index >= 15 is 0 Å². The molecule has 4 aromatic rings. The van der Waals surface area contributed by atoms with E-state index in [-0.39, 0.29) is 53.4 Å². The summed E-state index contributed by atoms with van der Waals surface area (Å²) in [5.41, 5.74) is 1.00. The van der Waals surface area contributed by atoms with Gasteiger partial charge in [0.2, 0.25) is 10.0 Å². The van der Waals surface area contributed by atoms with Gasteiger partial charge in [-0.2, -0.15) is 4.31 Å². The number of rotatable bonds is 8. The first-order valence-corrected chi connectivity index (χ1v) is 17.1. The molecule has 2 heterocycles. The van der Waals surface area contributed by atoms with Crippen LogP contribution in [0.25, 0.3) is 10.8 Å². The van der Waals surface area contributed by atoms with Crippen molar-refractivity contribution in [1.29, 1.82) is 0 Å². The van der Waals surface area contributed by atoms with E-state index in [2.05, 4.69) is 10.6 Å². The summed E-state index contributed by atoms with van der Waals surface area (Å²) >= 11 is 0. The average molecular weight is 675 g/mol. The van der Waals surface area contributed by atoms with Gasteiger partial charge in [0.25, 0.3) is 5.91 Å². The maximum absolute atomic E-state index is 13.9. The van der Waals surface area contributed by atoms with E-state index in [0.717, 1.165) is 10.8 Å². The fourth-order valence-corrected chi connectivity index (χ4v) is 7.08. The Hall–Kier alpha value is -4.85. The van der Waals surface area contributed by atoms with Crippen LogP contribution in [0.1, 0.15) is 24.2 Å². The molecule has 2 aliphatic rings. The second-order valence-electron chi connectivity index (χ2n) is 12.0. The van der Waals surface area contributed by atoms with Crippen molar-refractivity contribution in [3.63, 3.8) is 0 Å². The van der Waals surface area contributed by atoms with Gasteiger partial charge in [-0.05, 0) is 42.6 Å². The lowest BCUT2D eigenvalue weighted by molar-refractivity contribution is 0.0389. The molecule has 12 nitrogen and oxygen atoms in total. The largest absolute Gasteiger partial charge is 0.486 e. The lowest BCUT2D eigenvalue weighted by Crippen LogP contribution is -2.50. The summed E-state index contributed by atoms with van der Waals surface area (Å²) in [5, 5.41) is 17.6. The fourth-order valence-electron chi connectivity index (χ4n) is 5.89. The predicted molar refractivity (Wildman–Crippen MR) is 181 cm³/mol. The number of benzene rings is 4. The van der Waals surface area contributed by atoms with Crippen molar-refractivity contribution in [2.24, 2.45) is 5.92 Å². The van der Waals surface area contributed by atoms with Crippen LogP contribution in [0.4, 0.5) is 16.2 Å². The van der Waals surface area contributed by atoms with Crippen LogP contribution < -0.4 is 24.8 Å². The molecular weight excluding hydrogens is 636 g/mol. The lowest BCUT2D eigenvalue weighted by Gasteiger charge is -2.38. The Labute approximate surface area is 279 Å². The number of nitrogens with zero attached hydrogens (tertiary/aromatic N) is 2. The van der Waals surface area contributed by atoms with Crippen LogP contribution in [0.2, 0.25) is 0 Å². The molecule has 2 aliphatic heterocycles. The van der Waals surface area contributed by atoms with E-state index in [9.17, 15) is 23.1 Å². The molecule has 0 saturated heterocycles. The zero-order chi connectivity index (χ0) is 34.0. The normalized spacial score (nSPS) is 18.4. The molecule has 0 spiro atoms. The van der Waals surface area contributed by atoms with E-state index in [1.165, 1.54) is 23.5 Å². The zero-order valence-corrected chi connectivity index (χ0v) is 27.7. The quantitative estimate of drug-likeness (QED) is 0.242. The van der Waals surface area contributed by atoms with Crippen molar-refractivity contribution < 1.29 is 37.3 Å². The first-order chi connectivity index (χ1) is 23.1. The summed E-state index contributed by atoms with van der Waals surface area (Å²) < 4.78 is 46.4. The van der Waals surface area contributed by atoms with Gasteiger partial charge < -0.3 is 34.9 Å². The number of para-hydroxylation sites is 1. The zero-order valence-electron chi connectivity index (χ0n) is 26.9. The van der Waals surface area contributed by atoms with Crippen LogP contribution in [0.15, 0.2) is 83.8 Å². The second kappa shape index (κ2) is 13.7. The standard InChI is InChI=1S/C35H38N4O8S/c1-22-19-39(23(2)21-40)34(41)27-11-7-13-29(37-35(42)36-28-12-6-9-24-8-4-5-10-26(24)28)33(27)47-32(22)20-38(3)48(43,44)25-14-15-30-31(18-25)46-17-16-45-30/h4-15,18,22-23,32,40H,16-17,19-21H2,1-3H3,(H2,36,37,42). The third kappa shape index (κ3) is 6.61. The van der Waals surface area contributed by atoms with E-state index in [0.29, 0.717) is 30.4 Å². The summed E-state index contributed by atoms with van der Waals surface area (Å²) in [6.07, 6.45) is -0.758. The number of ether oxygens (including phenoxy) is 3. The minimum absolute atomic E-state index is 0.0336. The molecule has 0 aromatic heterocycles. The van der Waals surface area contributed by atoms with Crippen LogP contribution in [-0.4, -0.2) is 86.8 Å². The SMILES string of the molecule is CC1CN(C(C)CO)C(=O)c2cccc(NC(=O)Nc3cccc4ccccc34)c2OC1CN(C)S(=O)(=O)c1ccc2c(c1)OCCO2. The summed E-state index contributed by atoms with van der Waals surface area (Å²) in [5.74, 6) is 0.166. The number of aliphatic hydroxyl groups excluding tert-OH is 1. The Morgan fingerprint density at radius 3 is 2.46 bits per heavy atom. The molecule has 48 heavy (non-hydrogen) atoms. The summed E-state index contributed by atoms with van der Waals surface area (Å²) in [7, 11) is -2.54. The summed E-state index contributed by atoms with van der Waals surface area (Å²) in [4.78, 5) is 28.8.